The molecule has 9 heterocycles. The Balaban J connectivity index is 0.496. The van der Waals surface area contributed by atoms with Crippen molar-refractivity contribution in [3.63, 3.8) is 0 Å². The molecule has 4 fully saturated rings. The van der Waals surface area contributed by atoms with Gasteiger partial charge in [-0.15, -0.1) is 0 Å². The van der Waals surface area contributed by atoms with E-state index < -0.39 is 126 Å². The molecule has 0 unspecified atom stereocenters. The van der Waals surface area contributed by atoms with Crippen LogP contribution in [0, 0.1) is 29.6 Å². The number of aliphatic hydroxyl groups is 3. The number of amides is 4. The second-order valence-electron chi connectivity index (χ2n) is 35.1. The molecule has 2 bridgehead atoms. The first-order chi connectivity index (χ1) is 63.6. The average molecular weight is 1840 g/mol. The fraction of sp³-hybridized carbons (Fsp3) is 0.596. The molecule has 6 aromatic rings. The summed E-state index contributed by atoms with van der Waals surface area (Å²) in [5.41, 5.74) is 26.9. The van der Waals surface area contributed by atoms with Gasteiger partial charge in [0.2, 0.25) is 11.7 Å². The molecule has 38 heteroatoms. The lowest BCUT2D eigenvalue weighted by atomic mass is 9.80. The molecule has 15 atom stereocenters. The van der Waals surface area contributed by atoms with Gasteiger partial charge in [-0.3, -0.25) is 24.0 Å². The summed E-state index contributed by atoms with van der Waals surface area (Å²) in [6.07, 6.45) is 11.4. The van der Waals surface area contributed by atoms with Gasteiger partial charge in [0.25, 0.3) is 23.6 Å². The third kappa shape index (κ3) is 26.7. The number of aromatic nitrogens is 7. The molecule has 1 saturated carbocycles. The lowest BCUT2D eigenvalue weighted by Crippen LogP contribution is -2.61. The number of methoxy groups -OCH3 is 2. The number of aliphatic hydroxyl groups excluding tert-OH is 2. The molecule has 3 saturated heterocycles. The number of ether oxygens (including phenoxy) is 11. The molecule has 718 valence electrons. The quantitative estimate of drug-likeness (QED) is 0.00806. The van der Waals surface area contributed by atoms with Crippen molar-refractivity contribution in [1.29, 1.82) is 0 Å². The molecule has 132 heavy (non-hydrogen) atoms. The van der Waals surface area contributed by atoms with Gasteiger partial charge in [0, 0.05) is 121 Å². The van der Waals surface area contributed by atoms with Gasteiger partial charge >= 0.3 is 18.2 Å². The van der Waals surface area contributed by atoms with Gasteiger partial charge in [0.15, 0.2) is 17.0 Å². The summed E-state index contributed by atoms with van der Waals surface area (Å²) in [4.78, 5) is 140. The maximum Gasteiger partial charge on any atom is 0.409 e. The number of benzene rings is 2. The predicted molar refractivity (Wildman–Crippen MR) is 484 cm³/mol. The molecular formula is C94H129N15O23. The topological polar surface area (TPSA) is 497 Å². The third-order valence-corrected chi connectivity index (χ3v) is 25.5. The lowest BCUT2D eigenvalue weighted by Gasteiger charge is -2.42. The summed E-state index contributed by atoms with van der Waals surface area (Å²) in [7, 11) is 3.05. The second-order valence-corrected chi connectivity index (χ2v) is 35.1. The van der Waals surface area contributed by atoms with Gasteiger partial charge in [0.1, 0.15) is 66.2 Å². The maximum atomic E-state index is 14.7. The number of ketones is 3. The minimum Gasteiger partial charge on any atom is -0.459 e. The molecule has 38 nitrogen and oxygen atoms in total. The van der Waals surface area contributed by atoms with Crippen LogP contribution in [0.25, 0.3) is 33.4 Å². The minimum atomic E-state index is -2.52. The number of Topliss-reactive ketones (excluding diaryl/α,β-unsaturated/α-hetero) is 3. The number of piperazine rings is 1. The summed E-state index contributed by atoms with van der Waals surface area (Å²) in [6, 6.07) is 9.54. The standard InChI is InChI=1S/C94H129N15O23/c1-57-14-10-9-11-15-58(2)76(121-7)50-69-22-17-62(6)94(120,132-69)84(114)88(116)108-27-13-12-16-72(108)89(117)129-77(51-73(110)59(3)45-61(5)82(112)83(113)81(111)60(4)44-57)70(95)47-63-19-23-75(78(48-63)122-8)131-92(118)98-26-33-123-34-35-124-36-37-125-38-39-126-40-41-127-42-43-128-93(119)106-31-29-105(30-32-106)91-99-52-68(53-100-91)87(115)107-28-25-65-46-64(18-20-67(65)55-107)54-109-86-79(85(96)101-56-102-86)80(104-109)66-21-24-74-71(49-66)103-90(97)130-74/h9-11,14-15,18,20-21,24,45-46,49,52-53,56-57,59-60,62-63,69-70,72,75-78,82-83,112-113,120H,12-13,16-17,19,22-23,25-44,47-48,50-51,54-55,95H2,1-8H3,(H2,97,103)(H,98,118)(H2,96,101,102)/b11-9+,14-10+,58-15+,61-45+/t57-,59-,60-,62-,63+,69+,70-,72+,75-,76+,77+,78-,82-,83+,94-/m1/s1. The molecule has 6 aliphatic rings. The van der Waals surface area contributed by atoms with Crippen molar-refractivity contribution in [2.24, 2.45) is 35.3 Å². The monoisotopic (exact) mass is 1840 g/mol. The van der Waals surface area contributed by atoms with E-state index in [4.69, 9.17) is 78.8 Å². The van der Waals surface area contributed by atoms with E-state index in [0.717, 1.165) is 32.7 Å². The SMILES string of the molecule is CO[C@H]1C[C@@H]2CC[C@@H](C)[C@@](O)(O2)C(=O)C(=O)N2CCCC[C@H]2C(=O)O[C@H]([C@H](N)C[C@@H]2CC[C@@H](OC(=O)NCCOCCOCCOCCOCCOCCOC(=O)N3CCN(c4ncc(C(=O)N5CCc6cc(Cn7nc(-c8ccc9oc(N)nc9c8)c8c(N)ncnc87)ccc6C5)cn4)CC3)[C@H](OC)C2)CC(=O)[C@H](C)/C=C(\C)[C@@H](O)[C@@H](O)C(=O)[C@H](C)C[C@H](C)/C=C/C=C/C=C/1C. The van der Waals surface area contributed by atoms with Gasteiger partial charge in [-0.2, -0.15) is 10.1 Å². The van der Waals surface area contributed by atoms with Gasteiger partial charge in [-0.05, 0) is 142 Å². The maximum absolute atomic E-state index is 14.7. The van der Waals surface area contributed by atoms with Crippen molar-refractivity contribution < 1.29 is 110 Å². The highest BCUT2D eigenvalue weighted by molar-refractivity contribution is 6.39. The average Bonchev–Trinajstić information content (AvgIpc) is 1.62. The van der Waals surface area contributed by atoms with Crippen LogP contribution in [0.1, 0.15) is 146 Å². The van der Waals surface area contributed by atoms with Crippen LogP contribution < -0.4 is 27.4 Å². The normalized spacial score (nSPS) is 27.1. The van der Waals surface area contributed by atoms with Gasteiger partial charge < -0.3 is 114 Å². The molecule has 12 rings (SSSR count). The summed E-state index contributed by atoms with van der Waals surface area (Å²) in [5.74, 6) is -8.76. The summed E-state index contributed by atoms with van der Waals surface area (Å²) in [5, 5.41) is 42.9. The van der Waals surface area contributed by atoms with E-state index in [-0.39, 0.29) is 94.7 Å². The molecule has 4 aromatic heterocycles. The Morgan fingerprint density at radius 2 is 1.42 bits per heavy atom. The number of hydrogen-bond donors (Lipinski definition) is 7. The number of allylic oxidation sites excluding steroid dienone is 6. The minimum absolute atomic E-state index is 0.00731. The van der Waals surface area contributed by atoms with Crippen LogP contribution in [0.3, 0.4) is 0 Å². The summed E-state index contributed by atoms with van der Waals surface area (Å²) < 4.78 is 70.8. The first-order valence-corrected chi connectivity index (χ1v) is 45.8. The van der Waals surface area contributed by atoms with Crippen LogP contribution in [0.4, 0.5) is 27.4 Å². The zero-order valence-corrected chi connectivity index (χ0v) is 76.7. The molecule has 2 aromatic carbocycles. The van der Waals surface area contributed by atoms with Crippen molar-refractivity contribution in [2.75, 3.05) is 149 Å². The first-order valence-electron chi connectivity index (χ1n) is 45.8. The first kappa shape index (κ1) is 100. The largest absolute Gasteiger partial charge is 0.459 e. The Morgan fingerprint density at radius 1 is 0.712 bits per heavy atom. The highest BCUT2D eigenvalue weighted by Crippen LogP contribution is 2.39. The Bertz CT molecular complexity index is 5040. The number of nitrogens with zero attached hydrogens (tertiary/aromatic N) is 11. The number of anilines is 3. The number of oxazole rings is 1. The Hall–Kier alpha value is -10.6. The van der Waals surface area contributed by atoms with Gasteiger partial charge in [-0.25, -0.2) is 39.0 Å². The number of cyclic esters (lactones) is 1. The van der Waals surface area contributed by atoms with Crippen molar-refractivity contribution >= 4 is 87.2 Å². The zero-order chi connectivity index (χ0) is 94.1. The van der Waals surface area contributed by atoms with Crippen LogP contribution in [0.15, 0.2) is 107 Å². The summed E-state index contributed by atoms with van der Waals surface area (Å²) >= 11 is 0. The van der Waals surface area contributed by atoms with E-state index in [2.05, 4.69) is 36.3 Å². The van der Waals surface area contributed by atoms with Crippen molar-refractivity contribution in [1.82, 2.24) is 54.7 Å². The van der Waals surface area contributed by atoms with Crippen LogP contribution in [0.5, 0.6) is 0 Å². The van der Waals surface area contributed by atoms with E-state index in [1.54, 1.807) is 56.1 Å². The number of nitrogens with one attached hydrogen (secondary N) is 1. The molecular weight excluding hydrogens is 1710 g/mol. The van der Waals surface area contributed by atoms with Crippen molar-refractivity contribution in [2.45, 2.75) is 199 Å². The number of esters is 1. The molecule has 0 spiro atoms. The number of carbonyl (C=O) groups excluding carboxylic acids is 8. The Kier molecular flexibility index (Phi) is 36.8. The fourth-order valence-corrected chi connectivity index (χ4v) is 17.8. The van der Waals surface area contributed by atoms with Crippen LogP contribution >= 0.6 is 0 Å². The molecule has 10 N–H and O–H groups in total. The highest BCUT2D eigenvalue weighted by atomic mass is 16.6. The molecule has 0 radical (unpaired) electrons. The van der Waals surface area contributed by atoms with Crippen molar-refractivity contribution in [3.05, 3.63) is 125 Å². The van der Waals surface area contributed by atoms with Crippen LogP contribution in [-0.2, 0) is 95.6 Å². The Labute approximate surface area is 767 Å². The molecule has 5 aliphatic heterocycles. The van der Waals surface area contributed by atoms with Gasteiger partial charge in [-0.1, -0.05) is 82.4 Å². The summed E-state index contributed by atoms with van der Waals surface area (Å²) in [6.45, 7) is 16.4. The second kappa shape index (κ2) is 48.3. The fourth-order valence-electron chi connectivity index (χ4n) is 17.8. The number of rotatable bonds is 29. The zero-order valence-electron chi connectivity index (χ0n) is 76.7. The number of nitrogen functional groups attached to an aromatic ring is 2. The van der Waals surface area contributed by atoms with E-state index in [9.17, 15) is 53.7 Å². The van der Waals surface area contributed by atoms with E-state index in [1.165, 1.54) is 26.4 Å². The number of alkyl carbamates (subject to hydrolysis) is 1. The third-order valence-electron chi connectivity index (χ3n) is 25.5. The van der Waals surface area contributed by atoms with E-state index in [0.29, 0.717) is 188 Å². The van der Waals surface area contributed by atoms with Crippen LogP contribution in [0.2, 0.25) is 0 Å². The molecule has 4 amide bonds. The van der Waals surface area contributed by atoms with Crippen molar-refractivity contribution in [3.8, 4) is 11.3 Å². The van der Waals surface area contributed by atoms with E-state index in [1.807, 2.05) is 78.1 Å². The van der Waals surface area contributed by atoms with Crippen LogP contribution in [-0.4, -0.2) is 305 Å². The smallest absolute Gasteiger partial charge is 0.409 e. The lowest BCUT2D eigenvalue weighted by molar-refractivity contribution is -0.265. The Morgan fingerprint density at radius 3 is 2.14 bits per heavy atom. The predicted octanol–water partition coefficient (Wildman–Crippen LogP) is 7.14. The number of piperidine rings is 1. The highest BCUT2D eigenvalue weighted by Gasteiger charge is 2.53. The number of hydrogen-bond acceptors (Lipinski definition) is 33. The number of fused-ring (bicyclic) bond motifs is 6. The number of nitrogens with two attached hydrogens (primary N) is 3. The molecule has 1 aliphatic carbocycles. The van der Waals surface area contributed by atoms with Gasteiger partial charge in [0.05, 0.1) is 102 Å². The number of carbonyl (C=O) groups is 8. The van der Waals surface area contributed by atoms with E-state index >= 15 is 0 Å².